The number of thioether (sulfide) groups is 1. The van der Waals surface area contributed by atoms with E-state index in [4.69, 9.17) is 5.73 Å². The maximum absolute atomic E-state index is 12.3. The first kappa shape index (κ1) is 15.1. The number of hydrogen-bond acceptors (Lipinski definition) is 5. The van der Waals surface area contributed by atoms with Crippen LogP contribution in [0.25, 0.3) is 0 Å². The molecule has 0 radical (unpaired) electrons. The summed E-state index contributed by atoms with van der Waals surface area (Å²) >= 11 is 1.13. The molecule has 2 aliphatic rings. The Morgan fingerprint density at radius 2 is 2.30 bits per heavy atom. The molecule has 1 unspecified atom stereocenters. The van der Waals surface area contributed by atoms with Gasteiger partial charge in [0.1, 0.15) is 6.04 Å². The van der Waals surface area contributed by atoms with Crippen molar-refractivity contribution in [1.29, 1.82) is 0 Å². The first-order chi connectivity index (χ1) is 9.61. The summed E-state index contributed by atoms with van der Waals surface area (Å²) in [6.07, 6.45) is 1.59. The van der Waals surface area contributed by atoms with Gasteiger partial charge in [-0.15, -0.1) is 0 Å². The Morgan fingerprint density at radius 1 is 1.50 bits per heavy atom. The predicted octanol–water partition coefficient (Wildman–Crippen LogP) is -0.875. The maximum atomic E-state index is 12.3. The SMILES string of the molecule is NCCNC(=O)C1CCCN(C(=O)[C@@H]2CSC(=O)N2)C1. The summed E-state index contributed by atoms with van der Waals surface area (Å²) in [5.74, 6) is 0.166. The normalized spacial score (nSPS) is 26.2. The smallest absolute Gasteiger partial charge is 0.279 e. The molecule has 2 saturated heterocycles. The standard InChI is InChI=1S/C12H20N4O3S/c13-3-4-14-10(17)8-2-1-5-16(6-8)11(18)9-7-20-12(19)15-9/h8-9H,1-7,13H2,(H,14,17)(H,15,19)/t8?,9-/m0/s1. The van der Waals surface area contributed by atoms with Gasteiger partial charge in [-0.3, -0.25) is 14.4 Å². The third kappa shape index (κ3) is 3.63. The lowest BCUT2D eigenvalue weighted by Crippen LogP contribution is -2.51. The number of hydrogen-bond donors (Lipinski definition) is 3. The molecule has 8 heteroatoms. The Hall–Kier alpha value is -1.28. The van der Waals surface area contributed by atoms with Gasteiger partial charge in [-0.05, 0) is 12.8 Å². The van der Waals surface area contributed by atoms with E-state index in [0.29, 0.717) is 31.9 Å². The van der Waals surface area contributed by atoms with Crippen LogP contribution < -0.4 is 16.4 Å². The first-order valence-electron chi connectivity index (χ1n) is 6.81. The van der Waals surface area contributed by atoms with Crippen molar-refractivity contribution in [3.63, 3.8) is 0 Å². The van der Waals surface area contributed by atoms with Gasteiger partial charge >= 0.3 is 0 Å². The fourth-order valence-electron chi connectivity index (χ4n) is 2.47. The summed E-state index contributed by atoms with van der Waals surface area (Å²) in [6, 6.07) is -0.446. The zero-order valence-corrected chi connectivity index (χ0v) is 12.1. The molecule has 4 N–H and O–H groups in total. The lowest BCUT2D eigenvalue weighted by Gasteiger charge is -2.33. The van der Waals surface area contributed by atoms with Crippen molar-refractivity contribution in [2.45, 2.75) is 18.9 Å². The minimum absolute atomic E-state index is 0.0437. The number of piperidine rings is 1. The van der Waals surface area contributed by atoms with Gasteiger partial charge in [0.15, 0.2) is 0 Å². The molecule has 0 aliphatic carbocycles. The molecule has 0 saturated carbocycles. The van der Waals surface area contributed by atoms with Gasteiger partial charge in [0.2, 0.25) is 11.8 Å². The summed E-state index contributed by atoms with van der Waals surface area (Å²) in [5.41, 5.74) is 5.36. The first-order valence-corrected chi connectivity index (χ1v) is 7.80. The molecule has 7 nitrogen and oxygen atoms in total. The topological polar surface area (TPSA) is 105 Å². The molecule has 0 aromatic rings. The Morgan fingerprint density at radius 3 is 2.95 bits per heavy atom. The van der Waals surface area contributed by atoms with Crippen LogP contribution in [-0.4, -0.2) is 59.9 Å². The molecule has 112 valence electrons. The highest BCUT2D eigenvalue weighted by Gasteiger charge is 2.35. The lowest BCUT2D eigenvalue weighted by molar-refractivity contribution is -0.136. The summed E-state index contributed by atoms with van der Waals surface area (Å²) in [6.45, 7) is 1.94. The van der Waals surface area contributed by atoms with Crippen LogP contribution in [0.3, 0.4) is 0 Å². The van der Waals surface area contributed by atoms with Gasteiger partial charge < -0.3 is 21.3 Å². The van der Waals surface area contributed by atoms with Crippen molar-refractivity contribution in [3.05, 3.63) is 0 Å². The van der Waals surface area contributed by atoms with Crippen molar-refractivity contribution >= 4 is 28.8 Å². The Bertz CT molecular complexity index is 404. The van der Waals surface area contributed by atoms with E-state index in [0.717, 1.165) is 24.6 Å². The number of carbonyl (C=O) groups excluding carboxylic acids is 3. The molecule has 2 rings (SSSR count). The fourth-order valence-corrected chi connectivity index (χ4v) is 3.24. The van der Waals surface area contributed by atoms with Crippen molar-refractivity contribution in [3.8, 4) is 0 Å². The number of nitrogens with zero attached hydrogens (tertiary/aromatic N) is 1. The largest absolute Gasteiger partial charge is 0.355 e. The van der Waals surface area contributed by atoms with Gasteiger partial charge in [-0.1, -0.05) is 11.8 Å². The molecular formula is C12H20N4O3S. The summed E-state index contributed by atoms with van der Waals surface area (Å²) < 4.78 is 0. The number of likely N-dealkylation sites (tertiary alicyclic amines) is 1. The van der Waals surface area contributed by atoms with E-state index >= 15 is 0 Å². The van der Waals surface area contributed by atoms with E-state index in [1.165, 1.54) is 0 Å². The Kier molecular flexibility index (Phi) is 5.24. The molecule has 2 atom stereocenters. The van der Waals surface area contributed by atoms with Crippen LogP contribution in [0, 0.1) is 5.92 Å². The second kappa shape index (κ2) is 6.94. The van der Waals surface area contributed by atoms with Gasteiger partial charge in [0, 0.05) is 31.9 Å². The number of nitrogens with one attached hydrogen (secondary N) is 2. The molecule has 2 fully saturated rings. The quantitative estimate of drug-likeness (QED) is 0.626. The van der Waals surface area contributed by atoms with Crippen LogP contribution in [-0.2, 0) is 9.59 Å². The third-order valence-corrected chi connectivity index (χ3v) is 4.40. The third-order valence-electron chi connectivity index (χ3n) is 3.52. The van der Waals surface area contributed by atoms with E-state index < -0.39 is 6.04 Å². The summed E-state index contributed by atoms with van der Waals surface area (Å²) in [7, 11) is 0. The average Bonchev–Trinajstić information content (AvgIpc) is 2.90. The van der Waals surface area contributed by atoms with Crippen LogP contribution in [0.5, 0.6) is 0 Å². The van der Waals surface area contributed by atoms with Crippen LogP contribution >= 0.6 is 11.8 Å². The molecule has 0 spiro atoms. The number of amides is 3. The Balaban J connectivity index is 1.88. The van der Waals surface area contributed by atoms with Crippen molar-refractivity contribution in [2.24, 2.45) is 11.7 Å². The average molecular weight is 300 g/mol. The molecule has 3 amide bonds. The van der Waals surface area contributed by atoms with Gasteiger partial charge in [-0.2, -0.15) is 0 Å². The van der Waals surface area contributed by atoms with Crippen molar-refractivity contribution in [1.82, 2.24) is 15.5 Å². The molecule has 20 heavy (non-hydrogen) atoms. The monoisotopic (exact) mass is 300 g/mol. The Labute approximate surface area is 122 Å². The molecule has 0 bridgehead atoms. The summed E-state index contributed by atoms with van der Waals surface area (Å²) in [4.78, 5) is 37.0. The van der Waals surface area contributed by atoms with Gasteiger partial charge in [0.05, 0.1) is 5.92 Å². The lowest BCUT2D eigenvalue weighted by atomic mass is 9.96. The van der Waals surface area contributed by atoms with Crippen molar-refractivity contribution in [2.75, 3.05) is 31.9 Å². The minimum Gasteiger partial charge on any atom is -0.355 e. The van der Waals surface area contributed by atoms with Crippen LogP contribution in [0.4, 0.5) is 4.79 Å². The second-order valence-electron chi connectivity index (χ2n) is 5.00. The van der Waals surface area contributed by atoms with E-state index in [9.17, 15) is 14.4 Å². The fraction of sp³-hybridized carbons (Fsp3) is 0.750. The highest BCUT2D eigenvalue weighted by atomic mass is 32.2. The van der Waals surface area contributed by atoms with Gasteiger partial charge in [0.25, 0.3) is 5.24 Å². The predicted molar refractivity (Wildman–Crippen MR) is 76.1 cm³/mol. The van der Waals surface area contributed by atoms with Crippen molar-refractivity contribution < 1.29 is 14.4 Å². The van der Waals surface area contributed by atoms with E-state index in [1.54, 1.807) is 4.90 Å². The van der Waals surface area contributed by atoms with E-state index in [1.807, 2.05) is 0 Å². The van der Waals surface area contributed by atoms with Crippen LogP contribution in [0.1, 0.15) is 12.8 Å². The van der Waals surface area contributed by atoms with Gasteiger partial charge in [-0.25, -0.2) is 0 Å². The zero-order valence-electron chi connectivity index (χ0n) is 11.3. The molecule has 2 aliphatic heterocycles. The number of nitrogens with two attached hydrogens (primary N) is 1. The van der Waals surface area contributed by atoms with Crippen LogP contribution in [0.2, 0.25) is 0 Å². The zero-order chi connectivity index (χ0) is 14.5. The highest BCUT2D eigenvalue weighted by molar-refractivity contribution is 8.14. The molecule has 0 aromatic heterocycles. The number of rotatable bonds is 4. The minimum atomic E-state index is -0.446. The molecular weight excluding hydrogens is 280 g/mol. The van der Waals surface area contributed by atoms with E-state index in [-0.39, 0.29) is 23.0 Å². The number of carbonyl (C=O) groups is 3. The second-order valence-corrected chi connectivity index (χ2v) is 5.99. The maximum Gasteiger partial charge on any atom is 0.279 e. The van der Waals surface area contributed by atoms with Crippen LogP contribution in [0.15, 0.2) is 0 Å². The molecule has 0 aromatic carbocycles. The highest BCUT2D eigenvalue weighted by Crippen LogP contribution is 2.20. The molecule has 2 heterocycles. The van der Waals surface area contributed by atoms with E-state index in [2.05, 4.69) is 10.6 Å². The summed E-state index contributed by atoms with van der Waals surface area (Å²) in [5, 5.41) is 5.25.